The molecule has 0 aromatic rings. The Hall–Kier alpha value is -0.610. The molecule has 0 aromatic heterocycles. The van der Waals surface area contributed by atoms with Crippen molar-refractivity contribution in [2.45, 2.75) is 51.6 Å². The van der Waals surface area contributed by atoms with Gasteiger partial charge in [0.15, 0.2) is 0 Å². The van der Waals surface area contributed by atoms with Crippen LogP contribution in [0.1, 0.15) is 45.4 Å². The summed E-state index contributed by atoms with van der Waals surface area (Å²) in [5.74, 6) is 1.07. The molecule has 2 fully saturated rings. The Labute approximate surface area is 116 Å². The molecule has 4 nitrogen and oxygen atoms in total. The number of hydrogen-bond acceptors (Lipinski definition) is 3. The zero-order valence-corrected chi connectivity index (χ0v) is 12.1. The van der Waals surface area contributed by atoms with Crippen molar-refractivity contribution in [3.8, 4) is 0 Å². The van der Waals surface area contributed by atoms with Gasteiger partial charge in [-0.05, 0) is 51.5 Å². The van der Waals surface area contributed by atoms with Gasteiger partial charge in [0.05, 0.1) is 6.10 Å². The van der Waals surface area contributed by atoms with Gasteiger partial charge < -0.3 is 15.4 Å². The molecule has 1 heterocycles. The zero-order chi connectivity index (χ0) is 13.7. The molecule has 0 aromatic carbocycles. The first kappa shape index (κ1) is 14.8. The molecule has 110 valence electrons. The van der Waals surface area contributed by atoms with Gasteiger partial charge in [0.1, 0.15) is 0 Å². The van der Waals surface area contributed by atoms with Crippen LogP contribution in [0.25, 0.3) is 0 Å². The van der Waals surface area contributed by atoms with Crippen molar-refractivity contribution in [1.82, 2.24) is 4.90 Å². The van der Waals surface area contributed by atoms with Crippen LogP contribution in [0.5, 0.6) is 0 Å². The van der Waals surface area contributed by atoms with Crippen LogP contribution in [0.3, 0.4) is 0 Å². The lowest BCUT2D eigenvalue weighted by Gasteiger charge is -2.32. The third kappa shape index (κ3) is 3.93. The Morgan fingerprint density at radius 2 is 2.16 bits per heavy atom. The topological polar surface area (TPSA) is 55.6 Å². The van der Waals surface area contributed by atoms with E-state index in [0.29, 0.717) is 11.8 Å². The van der Waals surface area contributed by atoms with E-state index in [9.17, 15) is 4.79 Å². The highest BCUT2D eigenvalue weighted by Gasteiger charge is 2.30. The first-order valence-electron chi connectivity index (χ1n) is 7.85. The van der Waals surface area contributed by atoms with Crippen molar-refractivity contribution >= 4 is 5.91 Å². The summed E-state index contributed by atoms with van der Waals surface area (Å²) in [6.07, 6.45) is 6.86. The van der Waals surface area contributed by atoms with E-state index in [-0.39, 0.29) is 12.0 Å². The van der Waals surface area contributed by atoms with Crippen LogP contribution in [0.4, 0.5) is 0 Å². The molecule has 1 saturated heterocycles. The maximum atomic E-state index is 12.6. The molecular formula is C15H28N2O2. The average molecular weight is 268 g/mol. The normalized spacial score (nSPS) is 31.4. The van der Waals surface area contributed by atoms with Crippen LogP contribution in [-0.2, 0) is 9.53 Å². The van der Waals surface area contributed by atoms with Crippen molar-refractivity contribution in [3.05, 3.63) is 0 Å². The summed E-state index contributed by atoms with van der Waals surface area (Å²) < 4.78 is 5.65. The van der Waals surface area contributed by atoms with Gasteiger partial charge in [-0.25, -0.2) is 0 Å². The molecule has 2 rings (SSSR count). The molecule has 0 bridgehead atoms. The SMILES string of the molecule is CCN(CC1CCCO1)C(=O)C1CCCC(CN)C1. The van der Waals surface area contributed by atoms with Gasteiger partial charge in [-0.15, -0.1) is 0 Å². The number of ether oxygens (including phenoxy) is 1. The molecule has 0 spiro atoms. The Morgan fingerprint density at radius 1 is 1.32 bits per heavy atom. The summed E-state index contributed by atoms with van der Waals surface area (Å²) in [7, 11) is 0. The number of carbonyl (C=O) groups excluding carboxylic acids is 1. The van der Waals surface area contributed by atoms with Gasteiger partial charge in [-0.1, -0.05) is 6.42 Å². The molecule has 1 amide bonds. The Morgan fingerprint density at radius 3 is 2.79 bits per heavy atom. The van der Waals surface area contributed by atoms with Crippen molar-refractivity contribution in [2.24, 2.45) is 17.6 Å². The third-order valence-electron chi connectivity index (χ3n) is 4.61. The second-order valence-corrected chi connectivity index (χ2v) is 5.98. The monoisotopic (exact) mass is 268 g/mol. The molecule has 1 aliphatic heterocycles. The van der Waals surface area contributed by atoms with Crippen molar-refractivity contribution < 1.29 is 9.53 Å². The molecule has 19 heavy (non-hydrogen) atoms. The predicted molar refractivity (Wildman–Crippen MR) is 75.7 cm³/mol. The predicted octanol–water partition coefficient (Wildman–Crippen LogP) is 1.78. The van der Waals surface area contributed by atoms with Crippen molar-refractivity contribution in [2.75, 3.05) is 26.2 Å². The Balaban J connectivity index is 1.87. The Kier molecular flexibility index (Phi) is 5.64. The lowest BCUT2D eigenvalue weighted by atomic mass is 9.80. The summed E-state index contributed by atoms with van der Waals surface area (Å²) in [4.78, 5) is 14.6. The quantitative estimate of drug-likeness (QED) is 0.827. The number of nitrogens with two attached hydrogens (primary N) is 1. The van der Waals surface area contributed by atoms with E-state index in [2.05, 4.69) is 6.92 Å². The van der Waals surface area contributed by atoms with Gasteiger partial charge in [-0.2, -0.15) is 0 Å². The maximum Gasteiger partial charge on any atom is 0.225 e. The van der Waals surface area contributed by atoms with Crippen LogP contribution in [-0.4, -0.2) is 43.2 Å². The van der Waals surface area contributed by atoms with Crippen LogP contribution >= 0.6 is 0 Å². The lowest BCUT2D eigenvalue weighted by Crippen LogP contribution is -2.42. The highest BCUT2D eigenvalue weighted by Crippen LogP contribution is 2.30. The first-order valence-corrected chi connectivity index (χ1v) is 7.85. The summed E-state index contributed by atoms with van der Waals surface area (Å²) in [6.45, 7) is 5.22. The van der Waals surface area contributed by atoms with Gasteiger partial charge in [0, 0.05) is 25.6 Å². The van der Waals surface area contributed by atoms with E-state index in [1.54, 1.807) is 0 Å². The van der Waals surface area contributed by atoms with Crippen molar-refractivity contribution in [1.29, 1.82) is 0 Å². The number of hydrogen-bond donors (Lipinski definition) is 1. The van der Waals surface area contributed by atoms with Crippen LogP contribution in [0, 0.1) is 11.8 Å². The van der Waals surface area contributed by atoms with E-state index in [0.717, 1.165) is 58.3 Å². The van der Waals surface area contributed by atoms with Crippen LogP contribution < -0.4 is 5.73 Å². The summed E-state index contributed by atoms with van der Waals surface area (Å²) in [5.41, 5.74) is 5.76. The van der Waals surface area contributed by atoms with Gasteiger partial charge in [0.25, 0.3) is 0 Å². The molecule has 4 heteroatoms. The number of amides is 1. The Bertz CT molecular complexity index is 290. The van der Waals surface area contributed by atoms with E-state index >= 15 is 0 Å². The third-order valence-corrected chi connectivity index (χ3v) is 4.61. The molecule has 2 aliphatic rings. The molecule has 3 unspecified atom stereocenters. The number of likely N-dealkylation sites (N-methyl/N-ethyl adjacent to an activating group) is 1. The second kappa shape index (κ2) is 7.25. The van der Waals surface area contributed by atoms with E-state index in [4.69, 9.17) is 10.5 Å². The van der Waals surface area contributed by atoms with Gasteiger partial charge in [0.2, 0.25) is 5.91 Å². The second-order valence-electron chi connectivity index (χ2n) is 5.98. The van der Waals surface area contributed by atoms with E-state index in [1.807, 2.05) is 4.90 Å². The van der Waals surface area contributed by atoms with E-state index < -0.39 is 0 Å². The highest BCUT2D eigenvalue weighted by atomic mass is 16.5. The van der Waals surface area contributed by atoms with E-state index in [1.165, 1.54) is 6.42 Å². The number of rotatable bonds is 5. The minimum absolute atomic E-state index is 0.198. The smallest absolute Gasteiger partial charge is 0.225 e. The minimum atomic E-state index is 0.198. The van der Waals surface area contributed by atoms with Crippen LogP contribution in [0.15, 0.2) is 0 Å². The van der Waals surface area contributed by atoms with Gasteiger partial charge in [-0.3, -0.25) is 4.79 Å². The minimum Gasteiger partial charge on any atom is -0.376 e. The summed E-state index contributed by atoms with van der Waals surface area (Å²) in [5, 5.41) is 0. The summed E-state index contributed by atoms with van der Waals surface area (Å²) in [6, 6.07) is 0. The fraction of sp³-hybridized carbons (Fsp3) is 0.933. The fourth-order valence-corrected chi connectivity index (χ4v) is 3.40. The first-order chi connectivity index (χ1) is 9.24. The lowest BCUT2D eigenvalue weighted by molar-refractivity contribution is -0.138. The summed E-state index contributed by atoms with van der Waals surface area (Å²) >= 11 is 0. The molecule has 0 radical (unpaired) electrons. The standard InChI is InChI=1S/C15H28N2O2/c1-2-17(11-14-7-4-8-19-14)15(18)13-6-3-5-12(9-13)10-16/h12-14H,2-11,16H2,1H3. The number of carbonyl (C=O) groups is 1. The fourth-order valence-electron chi connectivity index (χ4n) is 3.40. The maximum absolute atomic E-state index is 12.6. The average Bonchev–Trinajstić information content (AvgIpc) is 2.97. The zero-order valence-electron chi connectivity index (χ0n) is 12.1. The molecule has 1 aliphatic carbocycles. The highest BCUT2D eigenvalue weighted by molar-refractivity contribution is 5.79. The molecular weight excluding hydrogens is 240 g/mol. The largest absolute Gasteiger partial charge is 0.376 e. The molecule has 3 atom stereocenters. The van der Waals surface area contributed by atoms with Gasteiger partial charge >= 0.3 is 0 Å². The molecule has 2 N–H and O–H groups in total. The number of nitrogens with zero attached hydrogens (tertiary/aromatic N) is 1. The van der Waals surface area contributed by atoms with Crippen molar-refractivity contribution in [3.63, 3.8) is 0 Å². The van der Waals surface area contributed by atoms with Crippen LogP contribution in [0.2, 0.25) is 0 Å². The molecule has 1 saturated carbocycles.